The Morgan fingerprint density at radius 2 is 1.60 bits per heavy atom. The summed E-state index contributed by atoms with van der Waals surface area (Å²) < 4.78 is 5.95. The molecular formula is C24H25ClN2O3. The first kappa shape index (κ1) is 21.8. The minimum absolute atomic E-state index is 0. The zero-order valence-corrected chi connectivity index (χ0v) is 17.9. The van der Waals surface area contributed by atoms with E-state index in [1.165, 1.54) is 5.56 Å². The van der Waals surface area contributed by atoms with Crippen molar-refractivity contribution in [1.29, 1.82) is 0 Å². The highest BCUT2D eigenvalue weighted by Gasteiger charge is 2.25. The molecule has 0 atom stereocenters. The summed E-state index contributed by atoms with van der Waals surface area (Å²) in [5.74, 6) is 1.71. The summed E-state index contributed by atoms with van der Waals surface area (Å²) in [5.41, 5.74) is 2.99. The minimum atomic E-state index is -0.0452. The van der Waals surface area contributed by atoms with Gasteiger partial charge in [0.25, 0.3) is 5.91 Å². The Kier molecular flexibility index (Phi) is 6.75. The van der Waals surface area contributed by atoms with E-state index in [2.05, 4.69) is 11.0 Å². The van der Waals surface area contributed by atoms with Crippen LogP contribution in [-0.2, 0) is 19.5 Å². The van der Waals surface area contributed by atoms with E-state index < -0.39 is 0 Å². The summed E-state index contributed by atoms with van der Waals surface area (Å²) >= 11 is 0. The molecule has 0 fully saturated rings. The van der Waals surface area contributed by atoms with Crippen LogP contribution in [0.1, 0.15) is 43.4 Å². The first-order valence-electron chi connectivity index (χ1n) is 9.75. The van der Waals surface area contributed by atoms with Crippen LogP contribution >= 0.6 is 12.4 Å². The van der Waals surface area contributed by atoms with E-state index >= 15 is 0 Å². The topological polar surface area (TPSA) is 53.8 Å². The third-order valence-corrected chi connectivity index (χ3v) is 5.12. The molecule has 2 heterocycles. The molecule has 1 aromatic heterocycles. The number of furan rings is 1. The highest BCUT2D eigenvalue weighted by atomic mass is 35.5. The van der Waals surface area contributed by atoms with Crippen molar-refractivity contribution in [2.75, 3.05) is 20.6 Å². The molecule has 3 aromatic rings. The summed E-state index contributed by atoms with van der Waals surface area (Å²) in [6.45, 7) is 1.89. The number of fused-ring (bicyclic) bond motifs is 1. The molecule has 30 heavy (non-hydrogen) atoms. The molecule has 0 radical (unpaired) electrons. The number of carbonyl (C=O) groups excluding carboxylic acids is 2. The average molecular weight is 425 g/mol. The van der Waals surface area contributed by atoms with Crippen molar-refractivity contribution in [3.05, 3.63) is 94.4 Å². The van der Waals surface area contributed by atoms with Crippen molar-refractivity contribution < 1.29 is 14.0 Å². The quantitative estimate of drug-likeness (QED) is 0.576. The van der Waals surface area contributed by atoms with Crippen LogP contribution in [0, 0.1) is 0 Å². The molecular weight excluding hydrogens is 400 g/mol. The van der Waals surface area contributed by atoms with Crippen molar-refractivity contribution in [3.63, 3.8) is 0 Å². The molecule has 1 aliphatic rings. The second-order valence-electron chi connectivity index (χ2n) is 7.65. The molecule has 1 amide bonds. The Morgan fingerprint density at radius 1 is 0.967 bits per heavy atom. The molecule has 0 unspecified atom stereocenters. The van der Waals surface area contributed by atoms with Gasteiger partial charge in [-0.3, -0.25) is 9.59 Å². The second kappa shape index (κ2) is 9.28. The summed E-state index contributed by atoms with van der Waals surface area (Å²) in [6.07, 6.45) is 0.794. The van der Waals surface area contributed by atoms with Crippen LogP contribution in [0.2, 0.25) is 0 Å². The molecule has 6 heteroatoms. The van der Waals surface area contributed by atoms with E-state index in [1.807, 2.05) is 32.3 Å². The van der Waals surface area contributed by atoms with Gasteiger partial charge in [0.1, 0.15) is 11.5 Å². The predicted octanol–water partition coefficient (Wildman–Crippen LogP) is 4.19. The first-order chi connectivity index (χ1) is 14.0. The van der Waals surface area contributed by atoms with E-state index in [-0.39, 0.29) is 24.1 Å². The molecule has 0 saturated heterocycles. The lowest BCUT2D eigenvalue weighted by Crippen LogP contribution is -2.35. The van der Waals surface area contributed by atoms with Crippen LogP contribution in [0.3, 0.4) is 0 Å². The fourth-order valence-electron chi connectivity index (χ4n) is 3.65. The lowest BCUT2D eigenvalue weighted by atomic mass is 10.0. The van der Waals surface area contributed by atoms with Crippen LogP contribution in [-0.4, -0.2) is 42.1 Å². The van der Waals surface area contributed by atoms with E-state index in [0.29, 0.717) is 29.8 Å². The van der Waals surface area contributed by atoms with Gasteiger partial charge >= 0.3 is 0 Å². The molecule has 4 rings (SSSR count). The maximum absolute atomic E-state index is 12.9. The molecule has 156 valence electrons. The molecule has 0 aliphatic carbocycles. The maximum Gasteiger partial charge on any atom is 0.254 e. The number of benzene rings is 2. The summed E-state index contributed by atoms with van der Waals surface area (Å²) in [4.78, 5) is 29.3. The van der Waals surface area contributed by atoms with Gasteiger partial charge in [-0.1, -0.05) is 42.5 Å². The highest BCUT2D eigenvalue weighted by Crippen LogP contribution is 2.25. The summed E-state index contributed by atoms with van der Waals surface area (Å²) in [5, 5.41) is 0. The zero-order chi connectivity index (χ0) is 20.4. The largest absolute Gasteiger partial charge is 0.463 e. The van der Waals surface area contributed by atoms with Crippen molar-refractivity contribution in [2.45, 2.75) is 19.5 Å². The van der Waals surface area contributed by atoms with Gasteiger partial charge in [-0.2, -0.15) is 0 Å². The predicted molar refractivity (Wildman–Crippen MR) is 118 cm³/mol. The Balaban J connectivity index is 0.00000256. The fourth-order valence-corrected chi connectivity index (χ4v) is 3.65. The van der Waals surface area contributed by atoms with Gasteiger partial charge in [0.2, 0.25) is 0 Å². The Morgan fingerprint density at radius 3 is 2.27 bits per heavy atom. The third kappa shape index (κ3) is 4.64. The van der Waals surface area contributed by atoms with Crippen LogP contribution in [0.15, 0.2) is 65.1 Å². The van der Waals surface area contributed by atoms with Crippen molar-refractivity contribution in [3.8, 4) is 0 Å². The summed E-state index contributed by atoms with van der Waals surface area (Å²) in [6, 6.07) is 18.2. The molecule has 0 spiro atoms. The van der Waals surface area contributed by atoms with E-state index in [9.17, 15) is 9.59 Å². The Labute approximate surface area is 182 Å². The van der Waals surface area contributed by atoms with Gasteiger partial charge < -0.3 is 14.2 Å². The molecule has 5 nitrogen and oxygen atoms in total. The molecule has 1 aliphatic heterocycles. The van der Waals surface area contributed by atoms with Crippen molar-refractivity contribution in [1.82, 2.24) is 9.80 Å². The normalized spacial score (nSPS) is 13.0. The number of amides is 1. The van der Waals surface area contributed by atoms with E-state index in [1.54, 1.807) is 41.3 Å². The van der Waals surface area contributed by atoms with Crippen LogP contribution in [0.5, 0.6) is 0 Å². The van der Waals surface area contributed by atoms with Crippen LogP contribution in [0.4, 0.5) is 0 Å². The van der Waals surface area contributed by atoms with Gasteiger partial charge in [0, 0.05) is 23.2 Å². The van der Waals surface area contributed by atoms with Crippen LogP contribution < -0.4 is 0 Å². The Bertz CT molecular complexity index is 1030. The summed E-state index contributed by atoms with van der Waals surface area (Å²) in [7, 11) is 4.01. The van der Waals surface area contributed by atoms with Crippen molar-refractivity contribution in [2.24, 2.45) is 0 Å². The van der Waals surface area contributed by atoms with Crippen LogP contribution in [0.25, 0.3) is 0 Å². The number of nitrogens with zero attached hydrogens (tertiary/aromatic N) is 2. The number of rotatable bonds is 5. The average Bonchev–Trinajstić information content (AvgIpc) is 3.14. The number of ketones is 1. The standard InChI is InChI=1S/C24H24N2O3.ClH/c1-25(2)15-21-14-20-12-13-26(16-22(20)29-21)24(28)19-10-8-18(9-11-19)23(27)17-6-4-3-5-7-17;/h3-11,14H,12-13,15-16H2,1-2H3;1H. The maximum atomic E-state index is 12.9. The number of carbonyl (C=O) groups is 2. The van der Waals surface area contributed by atoms with Crippen molar-refractivity contribution >= 4 is 24.1 Å². The third-order valence-electron chi connectivity index (χ3n) is 5.12. The molecule has 0 saturated carbocycles. The minimum Gasteiger partial charge on any atom is -0.463 e. The SMILES string of the molecule is CN(C)Cc1cc2c(o1)CN(C(=O)c1ccc(C(=O)c3ccccc3)cc1)CC2.Cl. The van der Waals surface area contributed by atoms with E-state index in [0.717, 1.165) is 24.5 Å². The lowest BCUT2D eigenvalue weighted by Gasteiger charge is -2.26. The monoisotopic (exact) mass is 424 g/mol. The zero-order valence-electron chi connectivity index (χ0n) is 17.1. The Hall–Kier alpha value is -2.89. The van der Waals surface area contributed by atoms with Gasteiger partial charge in [-0.05, 0) is 44.3 Å². The molecule has 2 aromatic carbocycles. The van der Waals surface area contributed by atoms with Gasteiger partial charge in [0.05, 0.1) is 13.1 Å². The molecule has 0 N–H and O–H groups in total. The van der Waals surface area contributed by atoms with Gasteiger partial charge in [-0.15, -0.1) is 12.4 Å². The highest BCUT2D eigenvalue weighted by molar-refractivity contribution is 6.09. The molecule has 0 bridgehead atoms. The van der Waals surface area contributed by atoms with Gasteiger partial charge in [0.15, 0.2) is 5.78 Å². The van der Waals surface area contributed by atoms with Gasteiger partial charge in [-0.25, -0.2) is 0 Å². The smallest absolute Gasteiger partial charge is 0.254 e. The van der Waals surface area contributed by atoms with E-state index in [4.69, 9.17) is 4.42 Å². The second-order valence-corrected chi connectivity index (χ2v) is 7.65. The fraction of sp³-hybridized carbons (Fsp3) is 0.250. The number of hydrogen-bond acceptors (Lipinski definition) is 4. The number of hydrogen-bond donors (Lipinski definition) is 0. The first-order valence-corrected chi connectivity index (χ1v) is 9.75. The number of halogens is 1. The lowest BCUT2D eigenvalue weighted by molar-refractivity contribution is 0.0718.